The maximum Gasteiger partial charge on any atom is 0.338 e. The first-order valence-electron chi connectivity index (χ1n) is 10.5. The van der Waals surface area contributed by atoms with Gasteiger partial charge in [0.25, 0.3) is 0 Å². The molecule has 4 heterocycles. The molecule has 0 aliphatic rings. The Labute approximate surface area is 186 Å². The Kier molecular flexibility index (Phi) is 5.71. The van der Waals surface area contributed by atoms with E-state index >= 15 is 0 Å². The third kappa shape index (κ3) is 3.52. The fraction of sp³-hybridized carbons (Fsp3) is 0.292. The van der Waals surface area contributed by atoms with E-state index in [1.165, 1.54) is 0 Å². The van der Waals surface area contributed by atoms with Crippen molar-refractivity contribution in [1.29, 1.82) is 0 Å². The summed E-state index contributed by atoms with van der Waals surface area (Å²) >= 11 is 0. The fourth-order valence-electron chi connectivity index (χ4n) is 3.91. The van der Waals surface area contributed by atoms with Crippen LogP contribution in [0.15, 0.2) is 43.0 Å². The molecular weight excluding hydrogens is 406 g/mol. The van der Waals surface area contributed by atoms with Gasteiger partial charge in [-0.2, -0.15) is 0 Å². The van der Waals surface area contributed by atoms with Crippen molar-refractivity contribution in [1.82, 2.24) is 18.9 Å². The molecule has 8 nitrogen and oxygen atoms in total. The fourth-order valence-corrected chi connectivity index (χ4v) is 3.91. The van der Waals surface area contributed by atoms with Gasteiger partial charge in [0.1, 0.15) is 17.0 Å². The summed E-state index contributed by atoms with van der Waals surface area (Å²) in [5.74, 6) is 0.0921. The lowest BCUT2D eigenvalue weighted by Crippen LogP contribution is -2.08. The lowest BCUT2D eigenvalue weighted by Gasteiger charge is -2.10. The second-order valence-corrected chi connectivity index (χ2v) is 7.61. The highest BCUT2D eigenvalue weighted by Gasteiger charge is 2.21. The van der Waals surface area contributed by atoms with E-state index in [1.807, 2.05) is 36.5 Å². The van der Waals surface area contributed by atoms with Gasteiger partial charge in [-0.25, -0.2) is 14.8 Å². The van der Waals surface area contributed by atoms with Gasteiger partial charge in [-0.3, -0.25) is 4.40 Å². The van der Waals surface area contributed by atoms with E-state index in [4.69, 9.17) is 25.2 Å². The summed E-state index contributed by atoms with van der Waals surface area (Å²) in [6, 6.07) is 9.24. The summed E-state index contributed by atoms with van der Waals surface area (Å²) in [6.07, 6.45) is 1.83. The first kappa shape index (κ1) is 21.6. The van der Waals surface area contributed by atoms with Gasteiger partial charge in [0, 0.05) is 24.0 Å². The van der Waals surface area contributed by atoms with Crippen LogP contribution in [0.2, 0.25) is 0 Å². The molecule has 0 aliphatic carbocycles. The first-order chi connectivity index (χ1) is 15.4. The molecule has 0 fully saturated rings. The molecule has 32 heavy (non-hydrogen) atoms. The molecule has 4 aromatic rings. The Morgan fingerprint density at radius 3 is 2.72 bits per heavy atom. The largest absolute Gasteiger partial charge is 0.482 e. The van der Waals surface area contributed by atoms with E-state index in [0.717, 1.165) is 33.8 Å². The summed E-state index contributed by atoms with van der Waals surface area (Å²) in [5, 5.41) is 0.988. The molecule has 8 heteroatoms. The average molecular weight is 434 g/mol. The van der Waals surface area contributed by atoms with Gasteiger partial charge in [0.15, 0.2) is 5.88 Å². The zero-order valence-electron chi connectivity index (χ0n) is 18.8. The van der Waals surface area contributed by atoms with Crippen LogP contribution < -0.4 is 10.5 Å². The molecule has 4 rings (SSSR count). The molecule has 0 saturated carbocycles. The number of nitrogens with two attached hydrogens (primary N) is 1. The number of fused-ring (bicyclic) bond motifs is 2. The molecule has 1 atom stereocenters. The lowest BCUT2D eigenvalue weighted by atomic mass is 10.2. The van der Waals surface area contributed by atoms with Crippen LogP contribution in [0, 0.1) is 6.92 Å². The van der Waals surface area contributed by atoms with Crippen molar-refractivity contribution < 1.29 is 14.3 Å². The number of aromatic nitrogens is 4. The number of aryl methyl sites for hydroxylation is 1. The molecular formula is C24H27N5O3. The number of esters is 1. The topological polar surface area (TPSA) is 96.7 Å². The minimum Gasteiger partial charge on any atom is -0.482 e. The first-order valence-corrected chi connectivity index (χ1v) is 10.5. The van der Waals surface area contributed by atoms with E-state index < -0.39 is 5.97 Å². The Bertz CT molecular complexity index is 1330. The molecule has 2 N–H and O–H groups in total. The number of pyridine rings is 2. The maximum atomic E-state index is 12.3. The van der Waals surface area contributed by atoms with Gasteiger partial charge in [0.05, 0.1) is 36.4 Å². The zero-order valence-corrected chi connectivity index (χ0v) is 18.8. The van der Waals surface area contributed by atoms with Crippen LogP contribution >= 0.6 is 0 Å². The Hall–Kier alpha value is -3.65. The molecule has 0 amide bonds. The molecule has 0 spiro atoms. The van der Waals surface area contributed by atoms with Gasteiger partial charge in [-0.15, -0.1) is 6.58 Å². The van der Waals surface area contributed by atoms with Crippen LogP contribution in [0.25, 0.3) is 28.1 Å². The van der Waals surface area contributed by atoms with Crippen molar-refractivity contribution in [2.45, 2.75) is 33.4 Å². The third-order valence-corrected chi connectivity index (χ3v) is 5.42. The highest BCUT2D eigenvalue weighted by molar-refractivity contribution is 5.91. The second kappa shape index (κ2) is 8.47. The molecule has 4 aromatic heterocycles. The van der Waals surface area contributed by atoms with Gasteiger partial charge in [-0.1, -0.05) is 6.08 Å². The second-order valence-electron chi connectivity index (χ2n) is 7.61. The normalized spacial score (nSPS) is 12.3. The van der Waals surface area contributed by atoms with Crippen LogP contribution in [-0.2, 0) is 11.3 Å². The molecule has 0 aromatic carbocycles. The average Bonchev–Trinajstić information content (AvgIpc) is 3.30. The Balaban J connectivity index is 1.96. The smallest absolute Gasteiger partial charge is 0.338 e. The van der Waals surface area contributed by atoms with E-state index in [2.05, 4.69) is 17.2 Å². The van der Waals surface area contributed by atoms with E-state index in [1.54, 1.807) is 26.2 Å². The summed E-state index contributed by atoms with van der Waals surface area (Å²) in [6.45, 7) is 10.4. The number of allylic oxidation sites excluding steroid dienone is 1. The SMILES string of the molecule is C=CCn1c(-c2nc3cc(C(=O)OCC)cc(OC)n3c2C)cc2ccc(C(C)N)nc21. The molecule has 0 saturated heterocycles. The Morgan fingerprint density at radius 1 is 1.28 bits per heavy atom. The van der Waals surface area contributed by atoms with Crippen molar-refractivity contribution in [3.63, 3.8) is 0 Å². The van der Waals surface area contributed by atoms with Crippen LogP contribution in [0.3, 0.4) is 0 Å². The highest BCUT2D eigenvalue weighted by Crippen LogP contribution is 2.32. The van der Waals surface area contributed by atoms with Crippen molar-refractivity contribution >= 4 is 22.6 Å². The molecule has 0 aliphatic heterocycles. The van der Waals surface area contributed by atoms with E-state index in [0.29, 0.717) is 30.2 Å². The predicted molar refractivity (Wildman–Crippen MR) is 124 cm³/mol. The van der Waals surface area contributed by atoms with E-state index in [-0.39, 0.29) is 6.04 Å². The minimum absolute atomic E-state index is 0.169. The number of carbonyl (C=O) groups is 1. The number of hydrogen-bond acceptors (Lipinski definition) is 6. The monoisotopic (exact) mass is 433 g/mol. The molecule has 1 unspecified atom stereocenters. The summed E-state index contributed by atoms with van der Waals surface area (Å²) in [5.41, 5.74) is 11.2. The number of nitrogens with zero attached hydrogens (tertiary/aromatic N) is 4. The van der Waals surface area contributed by atoms with Crippen LogP contribution in [0.1, 0.15) is 41.6 Å². The third-order valence-electron chi connectivity index (χ3n) is 5.42. The van der Waals surface area contributed by atoms with Gasteiger partial charge in [-0.05, 0) is 45.0 Å². The quantitative estimate of drug-likeness (QED) is 0.349. The van der Waals surface area contributed by atoms with Crippen LogP contribution in [0.5, 0.6) is 5.88 Å². The maximum absolute atomic E-state index is 12.3. The van der Waals surface area contributed by atoms with E-state index in [9.17, 15) is 4.79 Å². The lowest BCUT2D eigenvalue weighted by molar-refractivity contribution is 0.0526. The molecule has 166 valence electrons. The van der Waals surface area contributed by atoms with Crippen molar-refractivity contribution in [2.24, 2.45) is 5.73 Å². The number of hydrogen-bond donors (Lipinski definition) is 1. The Morgan fingerprint density at radius 2 is 2.06 bits per heavy atom. The highest BCUT2D eigenvalue weighted by atomic mass is 16.5. The van der Waals surface area contributed by atoms with Gasteiger partial charge < -0.3 is 19.8 Å². The predicted octanol–water partition coefficient (Wildman–Crippen LogP) is 4.05. The molecule has 0 bridgehead atoms. The van der Waals surface area contributed by atoms with Crippen molar-refractivity contribution in [3.8, 4) is 17.3 Å². The number of methoxy groups -OCH3 is 1. The van der Waals surface area contributed by atoms with Crippen LogP contribution in [-0.4, -0.2) is 38.6 Å². The number of carbonyl (C=O) groups excluding carboxylic acids is 1. The standard InChI is InChI=1S/C24H27N5O3/c1-6-10-28-19(11-16-8-9-18(14(3)25)26-23(16)28)22-15(4)29-20(27-22)12-17(13-21(29)31-5)24(30)32-7-2/h6,8-9,11-14H,1,7,10,25H2,2-5H3. The number of rotatable bonds is 7. The summed E-state index contributed by atoms with van der Waals surface area (Å²) < 4.78 is 14.7. The van der Waals surface area contributed by atoms with Gasteiger partial charge in [0.2, 0.25) is 0 Å². The van der Waals surface area contributed by atoms with Gasteiger partial charge >= 0.3 is 5.97 Å². The molecule has 0 radical (unpaired) electrons. The zero-order chi connectivity index (χ0) is 23.0. The minimum atomic E-state index is -0.413. The van der Waals surface area contributed by atoms with Crippen molar-refractivity contribution in [2.75, 3.05) is 13.7 Å². The van der Waals surface area contributed by atoms with Crippen LogP contribution in [0.4, 0.5) is 0 Å². The van der Waals surface area contributed by atoms with Crippen molar-refractivity contribution in [3.05, 3.63) is 59.9 Å². The summed E-state index contributed by atoms with van der Waals surface area (Å²) in [4.78, 5) is 22.0. The number of imidazole rings is 1. The number of ether oxygens (including phenoxy) is 2. The summed E-state index contributed by atoms with van der Waals surface area (Å²) in [7, 11) is 1.57.